The molecule has 3 rings (SSSR count). The molecule has 20 heavy (non-hydrogen) atoms. The summed E-state index contributed by atoms with van der Waals surface area (Å²) in [6.45, 7) is 3.09. The van der Waals surface area contributed by atoms with Crippen molar-refractivity contribution in [1.29, 1.82) is 0 Å². The number of nitrogens with zero attached hydrogens (tertiary/aromatic N) is 1. The molecule has 1 heterocycles. The molecule has 0 saturated carbocycles. The largest absolute Gasteiger partial charge is 0.350 e. The lowest BCUT2D eigenvalue weighted by Crippen LogP contribution is -2.11. The Bertz CT molecular complexity index is 707. The molecule has 102 valence electrons. The van der Waals surface area contributed by atoms with Gasteiger partial charge in [0.15, 0.2) is 0 Å². The molecule has 1 unspecified atom stereocenters. The fourth-order valence-corrected chi connectivity index (χ4v) is 2.61. The van der Waals surface area contributed by atoms with Crippen molar-refractivity contribution in [2.24, 2.45) is 0 Å². The van der Waals surface area contributed by atoms with E-state index < -0.39 is 0 Å². The van der Waals surface area contributed by atoms with E-state index in [4.69, 9.17) is 0 Å². The van der Waals surface area contributed by atoms with Crippen LogP contribution in [0.5, 0.6) is 0 Å². The molecule has 0 aliphatic heterocycles. The highest BCUT2D eigenvalue weighted by molar-refractivity contribution is 5.85. The van der Waals surface area contributed by atoms with Crippen LogP contribution in [0, 0.1) is 0 Å². The van der Waals surface area contributed by atoms with E-state index in [-0.39, 0.29) is 0 Å². The van der Waals surface area contributed by atoms with Crippen molar-refractivity contribution in [1.82, 2.24) is 9.88 Å². The lowest BCUT2D eigenvalue weighted by Gasteiger charge is -2.09. The van der Waals surface area contributed by atoms with Crippen LogP contribution < -0.4 is 5.32 Å². The SMILES string of the molecule is CNC(C)c1ccn(Cc2cccc3ccccc23)c1. The molecule has 0 radical (unpaired) electrons. The Balaban J connectivity index is 1.91. The third kappa shape index (κ3) is 2.47. The average molecular weight is 264 g/mol. The summed E-state index contributed by atoms with van der Waals surface area (Å²) in [5, 5.41) is 5.92. The van der Waals surface area contributed by atoms with Crippen molar-refractivity contribution < 1.29 is 0 Å². The molecule has 2 heteroatoms. The van der Waals surface area contributed by atoms with Crippen molar-refractivity contribution in [3.8, 4) is 0 Å². The van der Waals surface area contributed by atoms with Gasteiger partial charge in [-0.05, 0) is 41.9 Å². The minimum absolute atomic E-state index is 0.392. The summed E-state index contributed by atoms with van der Waals surface area (Å²) in [6.07, 6.45) is 4.38. The maximum atomic E-state index is 3.27. The Hall–Kier alpha value is -2.06. The molecule has 2 aromatic carbocycles. The summed E-state index contributed by atoms with van der Waals surface area (Å²) in [4.78, 5) is 0. The van der Waals surface area contributed by atoms with E-state index in [1.54, 1.807) is 0 Å². The van der Waals surface area contributed by atoms with Crippen LogP contribution in [0.2, 0.25) is 0 Å². The summed E-state index contributed by atoms with van der Waals surface area (Å²) < 4.78 is 2.25. The van der Waals surface area contributed by atoms with Crippen LogP contribution in [0.3, 0.4) is 0 Å². The van der Waals surface area contributed by atoms with Gasteiger partial charge in [0, 0.05) is 25.0 Å². The van der Waals surface area contributed by atoms with E-state index in [9.17, 15) is 0 Å². The van der Waals surface area contributed by atoms with Gasteiger partial charge in [0.05, 0.1) is 0 Å². The topological polar surface area (TPSA) is 17.0 Å². The molecule has 1 aromatic heterocycles. The quantitative estimate of drug-likeness (QED) is 0.754. The Morgan fingerprint density at radius 3 is 2.70 bits per heavy atom. The van der Waals surface area contributed by atoms with Gasteiger partial charge in [-0.3, -0.25) is 0 Å². The zero-order chi connectivity index (χ0) is 13.9. The van der Waals surface area contributed by atoms with Gasteiger partial charge in [0.2, 0.25) is 0 Å². The van der Waals surface area contributed by atoms with Crippen LogP contribution in [-0.2, 0) is 6.54 Å². The highest BCUT2D eigenvalue weighted by atomic mass is 14.9. The number of rotatable bonds is 4. The second-order valence-electron chi connectivity index (χ2n) is 5.27. The first kappa shape index (κ1) is 12.9. The van der Waals surface area contributed by atoms with Gasteiger partial charge in [0.25, 0.3) is 0 Å². The third-order valence-corrected chi connectivity index (χ3v) is 3.94. The van der Waals surface area contributed by atoms with Crippen molar-refractivity contribution in [3.63, 3.8) is 0 Å². The van der Waals surface area contributed by atoms with Crippen LogP contribution in [-0.4, -0.2) is 11.6 Å². The average Bonchev–Trinajstić information content (AvgIpc) is 2.95. The second-order valence-corrected chi connectivity index (χ2v) is 5.27. The minimum atomic E-state index is 0.392. The van der Waals surface area contributed by atoms with E-state index in [0.29, 0.717) is 6.04 Å². The fraction of sp³-hybridized carbons (Fsp3) is 0.222. The van der Waals surface area contributed by atoms with Crippen LogP contribution in [0.15, 0.2) is 60.9 Å². The smallest absolute Gasteiger partial charge is 0.0476 e. The Morgan fingerprint density at radius 2 is 1.85 bits per heavy atom. The van der Waals surface area contributed by atoms with Crippen molar-refractivity contribution in [2.45, 2.75) is 19.5 Å². The molecule has 1 atom stereocenters. The van der Waals surface area contributed by atoms with Gasteiger partial charge in [-0.25, -0.2) is 0 Å². The normalized spacial score (nSPS) is 12.7. The van der Waals surface area contributed by atoms with Gasteiger partial charge < -0.3 is 9.88 Å². The fourth-order valence-electron chi connectivity index (χ4n) is 2.61. The monoisotopic (exact) mass is 264 g/mol. The van der Waals surface area contributed by atoms with Gasteiger partial charge >= 0.3 is 0 Å². The molecule has 0 amide bonds. The Morgan fingerprint density at radius 1 is 1.05 bits per heavy atom. The van der Waals surface area contributed by atoms with Crippen LogP contribution in [0.4, 0.5) is 0 Å². The van der Waals surface area contributed by atoms with Crippen molar-refractivity contribution in [3.05, 3.63) is 72.1 Å². The standard InChI is InChI=1S/C18H20N2/c1-14(19-2)16-10-11-20(12-16)13-17-8-5-7-15-6-3-4-9-18(15)17/h3-12,14,19H,13H2,1-2H3. The van der Waals surface area contributed by atoms with Gasteiger partial charge in [0.1, 0.15) is 0 Å². The molecule has 0 aliphatic rings. The first-order valence-corrected chi connectivity index (χ1v) is 7.07. The highest BCUT2D eigenvalue weighted by Crippen LogP contribution is 2.20. The summed E-state index contributed by atoms with van der Waals surface area (Å²) in [5.41, 5.74) is 2.69. The number of nitrogens with one attached hydrogen (secondary N) is 1. The first-order chi connectivity index (χ1) is 9.78. The van der Waals surface area contributed by atoms with E-state index in [2.05, 4.69) is 77.7 Å². The van der Waals surface area contributed by atoms with E-state index in [1.807, 2.05) is 7.05 Å². The zero-order valence-electron chi connectivity index (χ0n) is 12.0. The lowest BCUT2D eigenvalue weighted by atomic mass is 10.0. The van der Waals surface area contributed by atoms with Crippen LogP contribution in [0.25, 0.3) is 10.8 Å². The minimum Gasteiger partial charge on any atom is -0.350 e. The van der Waals surface area contributed by atoms with E-state index in [1.165, 1.54) is 21.9 Å². The molecule has 3 aromatic rings. The van der Waals surface area contributed by atoms with E-state index in [0.717, 1.165) is 6.54 Å². The predicted octanol–water partition coefficient (Wildman–Crippen LogP) is 3.97. The second kappa shape index (κ2) is 5.51. The molecule has 0 saturated heterocycles. The van der Waals surface area contributed by atoms with Crippen molar-refractivity contribution >= 4 is 10.8 Å². The lowest BCUT2D eigenvalue weighted by molar-refractivity contribution is 0.649. The zero-order valence-corrected chi connectivity index (χ0v) is 12.0. The maximum absolute atomic E-state index is 3.27. The number of hydrogen-bond acceptors (Lipinski definition) is 1. The number of hydrogen-bond donors (Lipinski definition) is 1. The summed E-state index contributed by atoms with van der Waals surface area (Å²) in [5.74, 6) is 0. The van der Waals surface area contributed by atoms with Crippen LogP contribution >= 0.6 is 0 Å². The molecular weight excluding hydrogens is 244 g/mol. The Kier molecular flexibility index (Phi) is 3.57. The van der Waals surface area contributed by atoms with Gasteiger partial charge in [-0.15, -0.1) is 0 Å². The molecule has 0 bridgehead atoms. The first-order valence-electron chi connectivity index (χ1n) is 7.07. The third-order valence-electron chi connectivity index (χ3n) is 3.94. The van der Waals surface area contributed by atoms with Crippen LogP contribution in [0.1, 0.15) is 24.1 Å². The number of benzene rings is 2. The van der Waals surface area contributed by atoms with Gasteiger partial charge in [-0.1, -0.05) is 42.5 Å². The summed E-state index contributed by atoms with van der Waals surface area (Å²) in [6, 6.07) is 17.7. The molecule has 0 fully saturated rings. The van der Waals surface area contributed by atoms with Crippen molar-refractivity contribution in [2.75, 3.05) is 7.05 Å². The molecular formula is C18H20N2. The number of fused-ring (bicyclic) bond motifs is 1. The maximum Gasteiger partial charge on any atom is 0.0476 e. The summed E-state index contributed by atoms with van der Waals surface area (Å²) >= 11 is 0. The molecule has 0 spiro atoms. The number of aromatic nitrogens is 1. The summed E-state index contributed by atoms with van der Waals surface area (Å²) in [7, 11) is 1.99. The molecule has 1 N–H and O–H groups in total. The predicted molar refractivity (Wildman–Crippen MR) is 85.0 cm³/mol. The molecule has 0 aliphatic carbocycles. The highest BCUT2D eigenvalue weighted by Gasteiger charge is 2.05. The molecule has 2 nitrogen and oxygen atoms in total. The Labute approximate surface area is 120 Å². The van der Waals surface area contributed by atoms with E-state index >= 15 is 0 Å². The van der Waals surface area contributed by atoms with Gasteiger partial charge in [-0.2, -0.15) is 0 Å².